The molecular weight excluding hydrogens is 355 g/mol. The molecule has 1 saturated heterocycles. The summed E-state index contributed by atoms with van der Waals surface area (Å²) in [5.74, 6) is 0.301. The van der Waals surface area contributed by atoms with Crippen LogP contribution >= 0.6 is 0 Å². The summed E-state index contributed by atoms with van der Waals surface area (Å²) in [6.45, 7) is 5.36. The average molecular weight is 378 g/mol. The molecule has 0 saturated carbocycles. The summed E-state index contributed by atoms with van der Waals surface area (Å²) in [6.07, 6.45) is 0. The molecule has 1 aliphatic heterocycles. The van der Waals surface area contributed by atoms with Crippen molar-refractivity contribution >= 4 is 10.0 Å². The predicted octanol–water partition coefficient (Wildman–Crippen LogP) is 2.52. The Hall–Kier alpha value is -1.96. The fourth-order valence-corrected chi connectivity index (χ4v) is 4.42. The molecule has 0 radical (unpaired) electrons. The second kappa shape index (κ2) is 8.16. The molecule has 1 aliphatic rings. The summed E-state index contributed by atoms with van der Waals surface area (Å²) in [7, 11) is -3.64. The number of halogens is 1. The predicted molar refractivity (Wildman–Crippen MR) is 98.3 cm³/mol. The zero-order valence-electron chi connectivity index (χ0n) is 14.8. The van der Waals surface area contributed by atoms with Crippen molar-refractivity contribution < 1.29 is 17.5 Å². The number of ether oxygens (including phenoxy) is 1. The van der Waals surface area contributed by atoms with Gasteiger partial charge in [0.15, 0.2) is 0 Å². The highest BCUT2D eigenvalue weighted by atomic mass is 32.2. The van der Waals surface area contributed by atoms with Gasteiger partial charge in [-0.1, -0.05) is 18.2 Å². The van der Waals surface area contributed by atoms with Gasteiger partial charge in [0, 0.05) is 32.7 Å². The van der Waals surface area contributed by atoms with E-state index in [0.29, 0.717) is 32.8 Å². The third-order valence-corrected chi connectivity index (χ3v) is 6.33. The second-order valence-corrected chi connectivity index (χ2v) is 8.31. The molecule has 1 fully saturated rings. The van der Waals surface area contributed by atoms with Gasteiger partial charge in [-0.2, -0.15) is 4.31 Å². The molecular formula is C19H23FN2O3S. The van der Waals surface area contributed by atoms with Crippen LogP contribution in [0, 0.1) is 12.7 Å². The first-order valence-electron chi connectivity index (χ1n) is 8.63. The monoisotopic (exact) mass is 378 g/mol. The van der Waals surface area contributed by atoms with Crippen LogP contribution in [0.4, 0.5) is 4.39 Å². The van der Waals surface area contributed by atoms with Gasteiger partial charge in [0.2, 0.25) is 10.0 Å². The lowest BCUT2D eigenvalue weighted by Crippen LogP contribution is -2.49. The molecule has 0 unspecified atom stereocenters. The molecule has 1 heterocycles. The van der Waals surface area contributed by atoms with Crippen molar-refractivity contribution in [2.75, 3.05) is 39.3 Å². The van der Waals surface area contributed by atoms with E-state index in [4.69, 9.17) is 4.74 Å². The Morgan fingerprint density at radius 1 is 1.04 bits per heavy atom. The summed E-state index contributed by atoms with van der Waals surface area (Å²) >= 11 is 0. The normalized spacial score (nSPS) is 16.5. The number of hydrogen-bond acceptors (Lipinski definition) is 4. The van der Waals surface area contributed by atoms with E-state index in [0.717, 1.165) is 23.9 Å². The van der Waals surface area contributed by atoms with Crippen LogP contribution in [0.2, 0.25) is 0 Å². The van der Waals surface area contributed by atoms with Gasteiger partial charge in [-0.15, -0.1) is 0 Å². The van der Waals surface area contributed by atoms with E-state index >= 15 is 0 Å². The van der Waals surface area contributed by atoms with Crippen LogP contribution in [0.15, 0.2) is 53.4 Å². The van der Waals surface area contributed by atoms with Crippen molar-refractivity contribution in [2.45, 2.75) is 11.8 Å². The van der Waals surface area contributed by atoms with Gasteiger partial charge in [0.1, 0.15) is 18.2 Å². The topological polar surface area (TPSA) is 49.9 Å². The summed E-state index contributed by atoms with van der Waals surface area (Å²) in [5, 5.41) is 0. The molecule has 0 atom stereocenters. The Kier molecular flexibility index (Phi) is 5.90. The summed E-state index contributed by atoms with van der Waals surface area (Å²) in [6, 6.07) is 13.1. The molecule has 0 amide bonds. The smallest absolute Gasteiger partial charge is 0.243 e. The number of benzene rings is 2. The highest BCUT2D eigenvalue weighted by Gasteiger charge is 2.28. The lowest BCUT2D eigenvalue weighted by molar-refractivity contribution is 0.159. The Morgan fingerprint density at radius 2 is 1.77 bits per heavy atom. The SMILES string of the molecule is Cc1cccc(OCCN2CCN(S(=O)(=O)c3cccc(F)c3)CC2)c1. The first kappa shape index (κ1) is 18.8. The van der Waals surface area contributed by atoms with Gasteiger partial charge in [-0.3, -0.25) is 4.90 Å². The van der Waals surface area contributed by atoms with Crippen LogP contribution < -0.4 is 4.74 Å². The van der Waals surface area contributed by atoms with Gasteiger partial charge >= 0.3 is 0 Å². The number of rotatable bonds is 6. The molecule has 2 aromatic rings. The van der Waals surface area contributed by atoms with Crippen molar-refractivity contribution in [2.24, 2.45) is 0 Å². The maximum Gasteiger partial charge on any atom is 0.243 e. The molecule has 0 aliphatic carbocycles. The minimum Gasteiger partial charge on any atom is -0.492 e. The van der Waals surface area contributed by atoms with Crippen molar-refractivity contribution in [1.29, 1.82) is 0 Å². The van der Waals surface area contributed by atoms with E-state index < -0.39 is 15.8 Å². The van der Waals surface area contributed by atoms with E-state index in [9.17, 15) is 12.8 Å². The number of nitrogens with zero attached hydrogens (tertiary/aromatic N) is 2. The standard InChI is InChI=1S/C19H23FN2O3S/c1-16-4-2-6-18(14-16)25-13-12-21-8-10-22(11-9-21)26(23,24)19-7-3-5-17(20)15-19/h2-7,14-15H,8-13H2,1H3. The largest absolute Gasteiger partial charge is 0.492 e. The van der Waals surface area contributed by atoms with Crippen molar-refractivity contribution in [3.8, 4) is 5.75 Å². The van der Waals surface area contributed by atoms with E-state index in [1.807, 2.05) is 31.2 Å². The first-order valence-corrected chi connectivity index (χ1v) is 10.1. The Morgan fingerprint density at radius 3 is 2.46 bits per heavy atom. The number of piperazine rings is 1. The van der Waals surface area contributed by atoms with Crippen LogP contribution in [0.1, 0.15) is 5.56 Å². The van der Waals surface area contributed by atoms with Gasteiger partial charge in [0.05, 0.1) is 4.90 Å². The Bertz CT molecular complexity index is 849. The maximum atomic E-state index is 13.3. The fraction of sp³-hybridized carbons (Fsp3) is 0.368. The lowest BCUT2D eigenvalue weighted by Gasteiger charge is -2.33. The number of aryl methyl sites for hydroxylation is 1. The molecule has 5 nitrogen and oxygen atoms in total. The summed E-state index contributed by atoms with van der Waals surface area (Å²) in [5.41, 5.74) is 1.15. The Balaban J connectivity index is 1.49. The van der Waals surface area contributed by atoms with Crippen LogP contribution in [0.25, 0.3) is 0 Å². The van der Waals surface area contributed by atoms with Crippen molar-refractivity contribution in [1.82, 2.24) is 9.21 Å². The molecule has 0 N–H and O–H groups in total. The average Bonchev–Trinajstić information content (AvgIpc) is 2.62. The summed E-state index contributed by atoms with van der Waals surface area (Å²) < 4.78 is 45.7. The van der Waals surface area contributed by atoms with Crippen molar-refractivity contribution in [3.63, 3.8) is 0 Å². The van der Waals surface area contributed by atoms with Crippen LogP contribution in [0.5, 0.6) is 5.75 Å². The quantitative estimate of drug-likeness (QED) is 0.775. The van der Waals surface area contributed by atoms with E-state index in [-0.39, 0.29) is 4.90 Å². The molecule has 0 bridgehead atoms. The zero-order valence-corrected chi connectivity index (χ0v) is 15.6. The first-order chi connectivity index (χ1) is 12.4. The zero-order chi connectivity index (χ0) is 18.6. The molecule has 140 valence electrons. The van der Waals surface area contributed by atoms with Gasteiger partial charge in [0.25, 0.3) is 0 Å². The molecule has 0 spiro atoms. The minimum absolute atomic E-state index is 0.00808. The third-order valence-electron chi connectivity index (χ3n) is 4.43. The lowest BCUT2D eigenvalue weighted by atomic mass is 10.2. The second-order valence-electron chi connectivity index (χ2n) is 6.37. The maximum absolute atomic E-state index is 13.3. The molecule has 2 aromatic carbocycles. The summed E-state index contributed by atoms with van der Waals surface area (Å²) in [4.78, 5) is 2.18. The van der Waals surface area contributed by atoms with Crippen LogP contribution in [0.3, 0.4) is 0 Å². The minimum atomic E-state index is -3.64. The highest BCUT2D eigenvalue weighted by Crippen LogP contribution is 2.18. The van der Waals surface area contributed by atoms with E-state index in [1.165, 1.54) is 22.5 Å². The number of sulfonamides is 1. The van der Waals surface area contributed by atoms with Crippen LogP contribution in [-0.4, -0.2) is 57.0 Å². The van der Waals surface area contributed by atoms with Crippen molar-refractivity contribution in [3.05, 3.63) is 59.9 Å². The third kappa shape index (κ3) is 4.60. The Labute approximate surface area is 154 Å². The molecule has 26 heavy (non-hydrogen) atoms. The van der Waals surface area contributed by atoms with Gasteiger partial charge < -0.3 is 4.74 Å². The number of hydrogen-bond donors (Lipinski definition) is 0. The van der Waals surface area contributed by atoms with E-state index in [2.05, 4.69) is 4.90 Å². The molecule has 3 rings (SSSR count). The van der Waals surface area contributed by atoms with Crippen LogP contribution in [-0.2, 0) is 10.0 Å². The molecule has 7 heteroatoms. The van der Waals surface area contributed by atoms with E-state index in [1.54, 1.807) is 0 Å². The fourth-order valence-electron chi connectivity index (χ4n) is 2.97. The van der Waals surface area contributed by atoms with Gasteiger partial charge in [-0.25, -0.2) is 12.8 Å². The van der Waals surface area contributed by atoms with Gasteiger partial charge in [-0.05, 0) is 42.8 Å². The molecule has 0 aromatic heterocycles. The highest BCUT2D eigenvalue weighted by molar-refractivity contribution is 7.89.